The Morgan fingerprint density at radius 3 is 2.57 bits per heavy atom. The van der Waals surface area contributed by atoms with Gasteiger partial charge in [0.05, 0.1) is 16.2 Å². The standard InChI is InChI=1S/C20H17N5O3S2/c1-14-5-6-15(12-21)20(23-14)29-13-19(26)24-16-7-9-17(10-8-16)30(27,28)25-18-4-2-3-11-22-18/h2-11H,13H2,1H3,(H,22,25)(H,24,26). The molecule has 0 aliphatic carbocycles. The van der Waals surface area contributed by atoms with Crippen LogP contribution in [0.25, 0.3) is 0 Å². The molecule has 2 heterocycles. The van der Waals surface area contributed by atoms with E-state index in [0.717, 1.165) is 17.5 Å². The molecular weight excluding hydrogens is 422 g/mol. The molecule has 0 radical (unpaired) electrons. The first-order valence-corrected chi connectivity index (χ1v) is 11.2. The minimum atomic E-state index is -3.78. The topological polar surface area (TPSA) is 125 Å². The predicted molar refractivity (Wildman–Crippen MR) is 115 cm³/mol. The summed E-state index contributed by atoms with van der Waals surface area (Å²) in [4.78, 5) is 20.5. The monoisotopic (exact) mass is 439 g/mol. The molecule has 30 heavy (non-hydrogen) atoms. The van der Waals surface area contributed by atoms with Crippen LogP contribution in [0, 0.1) is 18.3 Å². The van der Waals surface area contributed by atoms with Crippen molar-refractivity contribution in [1.82, 2.24) is 9.97 Å². The SMILES string of the molecule is Cc1ccc(C#N)c(SCC(=O)Nc2ccc(S(=O)(=O)Nc3ccccn3)cc2)n1. The van der Waals surface area contributed by atoms with Crippen LogP contribution in [-0.2, 0) is 14.8 Å². The lowest BCUT2D eigenvalue weighted by atomic mass is 10.3. The quantitative estimate of drug-likeness (QED) is 0.542. The molecule has 0 spiro atoms. The Hall–Kier alpha value is -3.42. The average Bonchev–Trinajstić information content (AvgIpc) is 2.73. The van der Waals surface area contributed by atoms with Crippen LogP contribution in [0.2, 0.25) is 0 Å². The van der Waals surface area contributed by atoms with Crippen molar-refractivity contribution >= 4 is 39.2 Å². The minimum absolute atomic E-state index is 0.0446. The highest BCUT2D eigenvalue weighted by molar-refractivity contribution is 8.00. The van der Waals surface area contributed by atoms with E-state index in [4.69, 9.17) is 5.26 Å². The summed E-state index contributed by atoms with van der Waals surface area (Å²) in [5, 5.41) is 12.3. The third-order valence-corrected chi connectivity index (χ3v) is 6.17. The van der Waals surface area contributed by atoms with E-state index < -0.39 is 10.0 Å². The number of benzene rings is 1. The maximum Gasteiger partial charge on any atom is 0.263 e. The molecule has 0 saturated heterocycles. The van der Waals surface area contributed by atoms with Crippen LogP contribution in [0.5, 0.6) is 0 Å². The zero-order chi connectivity index (χ0) is 21.6. The van der Waals surface area contributed by atoms with Gasteiger partial charge in [0, 0.05) is 17.6 Å². The number of thioether (sulfide) groups is 1. The number of carbonyl (C=O) groups is 1. The molecule has 2 N–H and O–H groups in total. The molecule has 0 aliphatic rings. The van der Waals surface area contributed by atoms with Crippen LogP contribution in [0.3, 0.4) is 0 Å². The molecule has 0 aliphatic heterocycles. The lowest BCUT2D eigenvalue weighted by molar-refractivity contribution is -0.113. The van der Waals surface area contributed by atoms with Crippen LogP contribution in [0.1, 0.15) is 11.3 Å². The van der Waals surface area contributed by atoms with Crippen LogP contribution < -0.4 is 10.0 Å². The van der Waals surface area contributed by atoms with Gasteiger partial charge in [-0.2, -0.15) is 5.26 Å². The Morgan fingerprint density at radius 1 is 1.13 bits per heavy atom. The fourth-order valence-corrected chi connectivity index (χ4v) is 4.22. The third kappa shape index (κ3) is 5.56. The van der Waals surface area contributed by atoms with Crippen molar-refractivity contribution in [3.8, 4) is 6.07 Å². The number of nitriles is 1. The Labute approximate surface area is 178 Å². The van der Waals surface area contributed by atoms with Gasteiger partial charge in [0.2, 0.25) is 5.91 Å². The van der Waals surface area contributed by atoms with Gasteiger partial charge in [-0.1, -0.05) is 17.8 Å². The van der Waals surface area contributed by atoms with Crippen molar-refractivity contribution in [1.29, 1.82) is 5.26 Å². The molecule has 10 heteroatoms. The molecule has 0 saturated carbocycles. The number of aryl methyl sites for hydroxylation is 1. The maximum atomic E-state index is 12.4. The van der Waals surface area contributed by atoms with Crippen molar-refractivity contribution in [3.63, 3.8) is 0 Å². The average molecular weight is 440 g/mol. The molecule has 2 aromatic heterocycles. The molecule has 3 rings (SSSR count). The van der Waals surface area contributed by atoms with Crippen LogP contribution in [-0.4, -0.2) is 30.0 Å². The van der Waals surface area contributed by atoms with Crippen molar-refractivity contribution in [2.45, 2.75) is 16.8 Å². The van der Waals surface area contributed by atoms with Crippen molar-refractivity contribution in [2.75, 3.05) is 15.8 Å². The molecule has 0 atom stereocenters. The van der Waals surface area contributed by atoms with Crippen LogP contribution in [0.4, 0.5) is 11.5 Å². The minimum Gasteiger partial charge on any atom is -0.325 e. The second-order valence-electron chi connectivity index (χ2n) is 6.10. The molecule has 8 nitrogen and oxygen atoms in total. The number of nitrogens with one attached hydrogen (secondary N) is 2. The zero-order valence-electron chi connectivity index (χ0n) is 15.9. The van der Waals surface area contributed by atoms with Gasteiger partial charge in [0.15, 0.2) is 0 Å². The van der Waals surface area contributed by atoms with E-state index in [1.54, 1.807) is 30.3 Å². The van der Waals surface area contributed by atoms with Crippen LogP contribution in [0.15, 0.2) is 70.7 Å². The number of sulfonamides is 1. The van der Waals surface area contributed by atoms with Gasteiger partial charge >= 0.3 is 0 Å². The summed E-state index contributed by atoms with van der Waals surface area (Å²) < 4.78 is 27.2. The molecule has 0 unspecified atom stereocenters. The summed E-state index contributed by atoms with van der Waals surface area (Å²) in [7, 11) is -3.78. The summed E-state index contributed by atoms with van der Waals surface area (Å²) in [5.41, 5.74) is 1.62. The lowest BCUT2D eigenvalue weighted by Gasteiger charge is -2.09. The molecule has 1 aromatic carbocycles. The fraction of sp³-hybridized carbons (Fsp3) is 0.100. The second-order valence-corrected chi connectivity index (χ2v) is 8.75. The van der Waals surface area contributed by atoms with Gasteiger partial charge in [-0.15, -0.1) is 0 Å². The van der Waals surface area contributed by atoms with Gasteiger partial charge in [-0.3, -0.25) is 9.52 Å². The summed E-state index contributed by atoms with van der Waals surface area (Å²) in [5.74, 6) is -0.0188. The van der Waals surface area contributed by atoms with Gasteiger partial charge in [-0.05, 0) is 55.5 Å². The number of nitrogens with zero attached hydrogens (tertiary/aromatic N) is 3. The molecular formula is C20H17N5O3S2. The van der Waals surface area contributed by atoms with Gasteiger partial charge in [0.25, 0.3) is 10.0 Å². The highest BCUT2D eigenvalue weighted by Crippen LogP contribution is 2.21. The number of aromatic nitrogens is 2. The molecule has 152 valence electrons. The summed E-state index contributed by atoms with van der Waals surface area (Å²) in [6.45, 7) is 1.81. The lowest BCUT2D eigenvalue weighted by Crippen LogP contribution is -2.15. The van der Waals surface area contributed by atoms with Crippen LogP contribution >= 0.6 is 11.8 Å². The van der Waals surface area contributed by atoms with E-state index in [0.29, 0.717) is 16.3 Å². The van der Waals surface area contributed by atoms with E-state index in [2.05, 4.69) is 26.1 Å². The van der Waals surface area contributed by atoms with E-state index in [-0.39, 0.29) is 22.4 Å². The van der Waals surface area contributed by atoms with E-state index in [9.17, 15) is 13.2 Å². The summed E-state index contributed by atoms with van der Waals surface area (Å²) in [6.07, 6.45) is 1.49. The summed E-state index contributed by atoms with van der Waals surface area (Å²) >= 11 is 1.16. The first kappa shape index (κ1) is 21.3. The Kier molecular flexibility index (Phi) is 6.66. The second kappa shape index (κ2) is 9.39. The Morgan fingerprint density at radius 2 is 1.90 bits per heavy atom. The van der Waals surface area contributed by atoms with Crippen molar-refractivity contribution in [2.24, 2.45) is 0 Å². The first-order valence-electron chi connectivity index (χ1n) is 8.72. The van der Waals surface area contributed by atoms with Gasteiger partial charge < -0.3 is 5.32 Å². The molecule has 1 amide bonds. The number of amides is 1. The predicted octanol–water partition coefficient (Wildman–Crippen LogP) is 3.19. The number of hydrogen-bond acceptors (Lipinski definition) is 7. The van der Waals surface area contributed by atoms with Gasteiger partial charge in [0.1, 0.15) is 16.9 Å². The number of anilines is 2. The van der Waals surface area contributed by atoms with Crippen molar-refractivity contribution in [3.05, 3.63) is 72.1 Å². The maximum absolute atomic E-state index is 12.4. The summed E-state index contributed by atoms with van der Waals surface area (Å²) in [6, 6.07) is 16.1. The molecule has 0 bridgehead atoms. The zero-order valence-corrected chi connectivity index (χ0v) is 17.5. The normalized spacial score (nSPS) is 10.8. The molecule has 0 fully saturated rings. The third-order valence-electron chi connectivity index (χ3n) is 3.81. The van der Waals surface area contributed by atoms with Crippen molar-refractivity contribution < 1.29 is 13.2 Å². The highest BCUT2D eigenvalue weighted by atomic mass is 32.2. The van der Waals surface area contributed by atoms with E-state index in [1.807, 2.05) is 6.92 Å². The Balaban J connectivity index is 1.61. The van der Waals surface area contributed by atoms with Gasteiger partial charge in [-0.25, -0.2) is 18.4 Å². The largest absolute Gasteiger partial charge is 0.325 e. The smallest absolute Gasteiger partial charge is 0.263 e. The molecule has 3 aromatic rings. The Bertz CT molecular complexity index is 1190. The number of rotatable bonds is 7. The van der Waals surface area contributed by atoms with E-state index >= 15 is 0 Å². The number of pyridine rings is 2. The number of carbonyl (C=O) groups excluding carboxylic acids is 1. The van der Waals surface area contributed by atoms with E-state index in [1.165, 1.54) is 30.5 Å². The fourth-order valence-electron chi connectivity index (χ4n) is 2.40. The first-order chi connectivity index (χ1) is 14.4. The number of hydrogen-bond donors (Lipinski definition) is 2. The highest BCUT2D eigenvalue weighted by Gasteiger charge is 2.15.